The molecular weight excluding hydrogens is 262 g/mol. The zero-order chi connectivity index (χ0) is 15.0. The van der Waals surface area contributed by atoms with Crippen LogP contribution in [-0.4, -0.2) is 32.2 Å². The Balaban J connectivity index is 0.000000204. The SMILES string of the molecule is O=C(O)C(O)c1ccccc1.O=C(O)c1cccnc1. The average Bonchev–Trinajstić information content (AvgIpc) is 2.49. The molecule has 0 fully saturated rings. The molecule has 0 spiro atoms. The fourth-order valence-electron chi connectivity index (χ4n) is 1.27. The van der Waals surface area contributed by atoms with Gasteiger partial charge in [-0.1, -0.05) is 30.3 Å². The Morgan fingerprint density at radius 1 is 1.00 bits per heavy atom. The van der Waals surface area contributed by atoms with Crippen molar-refractivity contribution in [3.8, 4) is 0 Å². The Bertz CT molecular complexity index is 556. The van der Waals surface area contributed by atoms with E-state index in [1.807, 2.05) is 0 Å². The third-order valence-electron chi connectivity index (χ3n) is 2.26. The summed E-state index contributed by atoms with van der Waals surface area (Å²) in [6.45, 7) is 0. The first kappa shape index (κ1) is 15.3. The van der Waals surface area contributed by atoms with Crippen LogP contribution in [0.2, 0.25) is 0 Å². The molecule has 1 heterocycles. The standard InChI is InChI=1S/C8H8O3.C6H5NO2/c9-7(8(10)11)6-4-2-1-3-5-6;8-6(9)5-2-1-3-7-4-5/h1-5,7,9H,(H,10,11);1-4H,(H,8,9). The quantitative estimate of drug-likeness (QED) is 0.785. The van der Waals surface area contributed by atoms with Gasteiger partial charge in [0.25, 0.3) is 0 Å². The monoisotopic (exact) mass is 275 g/mol. The van der Waals surface area contributed by atoms with Crippen LogP contribution in [0.1, 0.15) is 22.0 Å². The lowest BCUT2D eigenvalue weighted by atomic mass is 10.1. The summed E-state index contributed by atoms with van der Waals surface area (Å²) in [7, 11) is 0. The minimum Gasteiger partial charge on any atom is -0.479 e. The number of carbonyl (C=O) groups is 2. The lowest BCUT2D eigenvalue weighted by Crippen LogP contribution is -2.09. The van der Waals surface area contributed by atoms with E-state index in [1.54, 1.807) is 36.4 Å². The van der Waals surface area contributed by atoms with Crippen molar-refractivity contribution in [2.45, 2.75) is 6.10 Å². The summed E-state index contributed by atoms with van der Waals surface area (Å²) in [5.41, 5.74) is 0.623. The highest BCUT2D eigenvalue weighted by Crippen LogP contribution is 2.10. The summed E-state index contributed by atoms with van der Waals surface area (Å²) in [5.74, 6) is -2.17. The lowest BCUT2D eigenvalue weighted by Gasteiger charge is -2.03. The molecule has 104 valence electrons. The number of aromatic carboxylic acids is 1. The Hall–Kier alpha value is -2.73. The summed E-state index contributed by atoms with van der Waals surface area (Å²) < 4.78 is 0. The highest BCUT2D eigenvalue weighted by Gasteiger charge is 2.14. The third kappa shape index (κ3) is 4.87. The van der Waals surface area contributed by atoms with E-state index < -0.39 is 18.0 Å². The predicted molar refractivity (Wildman–Crippen MR) is 70.2 cm³/mol. The minimum absolute atomic E-state index is 0.220. The first-order valence-electron chi connectivity index (χ1n) is 5.61. The first-order valence-corrected chi connectivity index (χ1v) is 5.61. The number of aromatic nitrogens is 1. The van der Waals surface area contributed by atoms with Crippen molar-refractivity contribution >= 4 is 11.9 Å². The first-order chi connectivity index (χ1) is 9.52. The summed E-state index contributed by atoms with van der Waals surface area (Å²) in [6.07, 6.45) is 1.44. The number of rotatable bonds is 3. The molecule has 0 saturated heterocycles. The molecule has 0 aliphatic heterocycles. The topological polar surface area (TPSA) is 108 Å². The lowest BCUT2D eigenvalue weighted by molar-refractivity contribution is -0.146. The molecule has 0 bridgehead atoms. The third-order valence-corrected chi connectivity index (χ3v) is 2.26. The molecule has 6 heteroatoms. The van der Waals surface area contributed by atoms with Crippen LogP contribution in [0, 0.1) is 0 Å². The predicted octanol–water partition coefficient (Wildman–Crippen LogP) is 1.58. The molecule has 0 aliphatic rings. The zero-order valence-electron chi connectivity index (χ0n) is 10.4. The molecule has 3 N–H and O–H groups in total. The molecule has 2 aromatic rings. The zero-order valence-corrected chi connectivity index (χ0v) is 10.4. The van der Waals surface area contributed by atoms with Crippen molar-refractivity contribution in [3.63, 3.8) is 0 Å². The number of hydrogen-bond acceptors (Lipinski definition) is 4. The van der Waals surface area contributed by atoms with Gasteiger partial charge < -0.3 is 15.3 Å². The maximum atomic E-state index is 10.2. The van der Waals surface area contributed by atoms with E-state index in [0.717, 1.165) is 0 Å². The highest BCUT2D eigenvalue weighted by molar-refractivity contribution is 5.86. The van der Waals surface area contributed by atoms with Gasteiger partial charge in [-0.15, -0.1) is 0 Å². The molecule has 1 aromatic heterocycles. The van der Waals surface area contributed by atoms with Crippen LogP contribution in [0.25, 0.3) is 0 Å². The van der Waals surface area contributed by atoms with Gasteiger partial charge in [0.2, 0.25) is 0 Å². The second-order valence-corrected chi connectivity index (χ2v) is 3.70. The number of aliphatic hydroxyl groups excluding tert-OH is 1. The normalized spacial score (nSPS) is 10.8. The second-order valence-electron chi connectivity index (χ2n) is 3.70. The second kappa shape index (κ2) is 7.65. The van der Waals surface area contributed by atoms with E-state index in [2.05, 4.69) is 4.98 Å². The molecule has 1 aromatic carbocycles. The van der Waals surface area contributed by atoms with Gasteiger partial charge in [0, 0.05) is 12.4 Å². The van der Waals surface area contributed by atoms with Crippen LogP contribution in [0.5, 0.6) is 0 Å². The summed E-state index contributed by atoms with van der Waals surface area (Å²) in [5, 5.41) is 25.7. The average molecular weight is 275 g/mol. The Kier molecular flexibility index (Phi) is 5.86. The van der Waals surface area contributed by atoms with Gasteiger partial charge >= 0.3 is 11.9 Å². The van der Waals surface area contributed by atoms with Crippen LogP contribution >= 0.6 is 0 Å². The van der Waals surface area contributed by atoms with E-state index in [0.29, 0.717) is 5.56 Å². The van der Waals surface area contributed by atoms with Gasteiger partial charge in [-0.3, -0.25) is 4.98 Å². The molecule has 1 atom stereocenters. The van der Waals surface area contributed by atoms with E-state index in [9.17, 15) is 9.59 Å². The molecule has 2 rings (SSSR count). The summed E-state index contributed by atoms with van der Waals surface area (Å²) >= 11 is 0. The molecule has 20 heavy (non-hydrogen) atoms. The van der Waals surface area contributed by atoms with E-state index >= 15 is 0 Å². The van der Waals surface area contributed by atoms with Crippen molar-refractivity contribution < 1.29 is 24.9 Å². The van der Waals surface area contributed by atoms with Crippen molar-refractivity contribution in [2.24, 2.45) is 0 Å². The van der Waals surface area contributed by atoms with Crippen LogP contribution in [-0.2, 0) is 4.79 Å². The molecule has 0 amide bonds. The number of nitrogens with zero attached hydrogens (tertiary/aromatic N) is 1. The highest BCUT2D eigenvalue weighted by atomic mass is 16.4. The van der Waals surface area contributed by atoms with Gasteiger partial charge in [0.05, 0.1) is 5.56 Å². The number of carboxylic acids is 2. The maximum Gasteiger partial charge on any atom is 0.337 e. The Labute approximate surface area is 115 Å². The largest absolute Gasteiger partial charge is 0.479 e. The molecule has 0 aliphatic carbocycles. The van der Waals surface area contributed by atoms with Crippen molar-refractivity contribution in [3.05, 3.63) is 66.0 Å². The van der Waals surface area contributed by atoms with Crippen molar-refractivity contribution in [1.82, 2.24) is 4.98 Å². The number of aliphatic carboxylic acids is 1. The minimum atomic E-state index is -1.41. The summed E-state index contributed by atoms with van der Waals surface area (Å²) in [6, 6.07) is 11.3. The molecule has 0 radical (unpaired) electrons. The van der Waals surface area contributed by atoms with E-state index in [-0.39, 0.29) is 5.56 Å². The summed E-state index contributed by atoms with van der Waals surface area (Å²) in [4.78, 5) is 24.0. The smallest absolute Gasteiger partial charge is 0.337 e. The van der Waals surface area contributed by atoms with E-state index in [4.69, 9.17) is 15.3 Å². The van der Waals surface area contributed by atoms with Crippen LogP contribution in [0.3, 0.4) is 0 Å². The number of benzene rings is 1. The van der Waals surface area contributed by atoms with Crippen LogP contribution < -0.4 is 0 Å². The van der Waals surface area contributed by atoms with Crippen molar-refractivity contribution in [2.75, 3.05) is 0 Å². The molecule has 1 unspecified atom stereocenters. The molecular formula is C14H13NO5. The molecule has 6 nitrogen and oxygen atoms in total. The number of aliphatic hydroxyl groups is 1. The number of pyridine rings is 1. The fraction of sp³-hybridized carbons (Fsp3) is 0.0714. The van der Waals surface area contributed by atoms with Gasteiger partial charge in [-0.2, -0.15) is 0 Å². The Morgan fingerprint density at radius 3 is 2.05 bits per heavy atom. The van der Waals surface area contributed by atoms with Gasteiger partial charge in [0.1, 0.15) is 0 Å². The van der Waals surface area contributed by atoms with Gasteiger partial charge in [0.15, 0.2) is 6.10 Å². The van der Waals surface area contributed by atoms with Crippen molar-refractivity contribution in [1.29, 1.82) is 0 Å². The maximum absolute atomic E-state index is 10.2. The van der Waals surface area contributed by atoms with Crippen LogP contribution in [0.4, 0.5) is 0 Å². The van der Waals surface area contributed by atoms with Gasteiger partial charge in [-0.25, -0.2) is 9.59 Å². The van der Waals surface area contributed by atoms with E-state index in [1.165, 1.54) is 18.5 Å². The number of carboxylic acid groups (broad SMARTS) is 2. The van der Waals surface area contributed by atoms with Gasteiger partial charge in [-0.05, 0) is 17.7 Å². The Morgan fingerprint density at radius 2 is 1.65 bits per heavy atom. The fourth-order valence-corrected chi connectivity index (χ4v) is 1.27. The number of hydrogen-bond donors (Lipinski definition) is 3. The van der Waals surface area contributed by atoms with Crippen LogP contribution in [0.15, 0.2) is 54.9 Å². The molecule has 0 saturated carbocycles.